The summed E-state index contributed by atoms with van der Waals surface area (Å²) in [5, 5.41) is 22.6. The Morgan fingerprint density at radius 3 is 2.56 bits per heavy atom. The van der Waals surface area contributed by atoms with Gasteiger partial charge in [-0.2, -0.15) is 4.72 Å². The van der Waals surface area contributed by atoms with Crippen LogP contribution in [0.2, 0.25) is 5.02 Å². The van der Waals surface area contributed by atoms with Crippen molar-refractivity contribution in [1.29, 1.82) is 0 Å². The molecule has 2 fully saturated rings. The molecule has 6 rings (SSSR count). The quantitative estimate of drug-likeness (QED) is 0.329. The summed E-state index contributed by atoms with van der Waals surface area (Å²) in [5.74, 6) is 1.11. The molecule has 43 heavy (non-hydrogen) atoms. The highest BCUT2D eigenvalue weighted by Crippen LogP contribution is 2.42. The van der Waals surface area contributed by atoms with E-state index in [0.717, 1.165) is 80.7 Å². The highest BCUT2D eigenvalue weighted by atomic mass is 35.5. The minimum atomic E-state index is -3.83. The summed E-state index contributed by atoms with van der Waals surface area (Å²) in [5.41, 5.74) is 3.63. The van der Waals surface area contributed by atoms with Gasteiger partial charge in [-0.05, 0) is 116 Å². The van der Waals surface area contributed by atoms with E-state index in [2.05, 4.69) is 9.62 Å². The number of benzene rings is 2. The van der Waals surface area contributed by atoms with Gasteiger partial charge in [0.2, 0.25) is 10.0 Å². The largest absolute Gasteiger partial charge is 0.487 e. The molecule has 234 valence electrons. The molecule has 2 aliphatic carbocycles. The van der Waals surface area contributed by atoms with Crippen molar-refractivity contribution >= 4 is 27.3 Å². The van der Waals surface area contributed by atoms with Crippen molar-refractivity contribution in [2.24, 2.45) is 23.7 Å². The zero-order valence-electron chi connectivity index (χ0n) is 25.0. The molecule has 2 heterocycles. The van der Waals surface area contributed by atoms with Gasteiger partial charge in [0.1, 0.15) is 18.6 Å². The molecule has 7 nitrogen and oxygen atoms in total. The number of aryl methyl sites for hydroxylation is 1. The van der Waals surface area contributed by atoms with Crippen LogP contribution >= 0.6 is 11.6 Å². The molecule has 0 radical (unpaired) electrons. The number of aliphatic hydroxyl groups excluding tert-OH is 2. The molecule has 1 unspecified atom stereocenters. The Morgan fingerprint density at radius 1 is 0.977 bits per heavy atom. The monoisotopic (exact) mass is 628 g/mol. The van der Waals surface area contributed by atoms with Crippen molar-refractivity contribution in [3.8, 4) is 5.75 Å². The van der Waals surface area contributed by atoms with Crippen LogP contribution in [0.15, 0.2) is 48.6 Å². The molecule has 0 amide bonds. The van der Waals surface area contributed by atoms with Gasteiger partial charge in [0, 0.05) is 18.1 Å². The first-order valence-electron chi connectivity index (χ1n) is 16.0. The maximum absolute atomic E-state index is 13.8. The third-order valence-electron chi connectivity index (χ3n) is 10.3. The summed E-state index contributed by atoms with van der Waals surface area (Å²) in [7, 11) is -3.83. The van der Waals surface area contributed by atoms with E-state index in [1.165, 1.54) is 5.56 Å². The SMILES string of the molecule is C[C@H]1C/C=C/[C@H](O)[C@@H]2CC[C@H]2CN2CCCCc3cc(Cl)ccc3COc3ccc(cc32)C(O)NS(=O)(=O)[C@H]1C1CCC1. The van der Waals surface area contributed by atoms with Gasteiger partial charge in [0.25, 0.3) is 0 Å². The van der Waals surface area contributed by atoms with Gasteiger partial charge in [-0.25, -0.2) is 8.42 Å². The zero-order chi connectivity index (χ0) is 30.1. The van der Waals surface area contributed by atoms with Crippen LogP contribution in [0.25, 0.3) is 0 Å². The second-order valence-electron chi connectivity index (χ2n) is 13.2. The van der Waals surface area contributed by atoms with Crippen molar-refractivity contribution in [3.63, 3.8) is 0 Å². The summed E-state index contributed by atoms with van der Waals surface area (Å²) in [6, 6.07) is 11.5. The van der Waals surface area contributed by atoms with E-state index in [4.69, 9.17) is 16.3 Å². The molecule has 0 aromatic heterocycles. The number of sulfonamides is 1. The van der Waals surface area contributed by atoms with Crippen LogP contribution in [0.4, 0.5) is 5.69 Å². The van der Waals surface area contributed by atoms with Gasteiger partial charge < -0.3 is 19.8 Å². The molecular formula is C34H45ClN2O5S. The highest BCUT2D eigenvalue weighted by molar-refractivity contribution is 7.90. The first-order valence-corrected chi connectivity index (χ1v) is 17.9. The van der Waals surface area contributed by atoms with Gasteiger partial charge in [-0.1, -0.05) is 49.2 Å². The Morgan fingerprint density at radius 2 is 1.81 bits per heavy atom. The summed E-state index contributed by atoms with van der Waals surface area (Å²) in [4.78, 5) is 2.32. The molecule has 2 saturated carbocycles. The lowest BCUT2D eigenvalue weighted by atomic mass is 9.70. The van der Waals surface area contributed by atoms with Gasteiger partial charge in [-0.15, -0.1) is 0 Å². The molecule has 2 aromatic rings. The molecular weight excluding hydrogens is 584 g/mol. The van der Waals surface area contributed by atoms with Crippen LogP contribution in [0.3, 0.4) is 0 Å². The second-order valence-corrected chi connectivity index (χ2v) is 15.5. The summed E-state index contributed by atoms with van der Waals surface area (Å²) in [6.45, 7) is 3.91. The van der Waals surface area contributed by atoms with Crippen molar-refractivity contribution < 1.29 is 23.4 Å². The van der Waals surface area contributed by atoms with Crippen LogP contribution in [0, 0.1) is 23.7 Å². The van der Waals surface area contributed by atoms with Crippen molar-refractivity contribution in [2.45, 2.75) is 88.9 Å². The lowest BCUT2D eigenvalue weighted by Crippen LogP contribution is -2.46. The van der Waals surface area contributed by atoms with Crippen LogP contribution in [-0.4, -0.2) is 43.1 Å². The maximum Gasteiger partial charge on any atom is 0.217 e. The predicted octanol–water partition coefficient (Wildman–Crippen LogP) is 6.12. The number of aliphatic hydroxyl groups is 2. The molecule has 2 aliphatic heterocycles. The molecule has 2 bridgehead atoms. The van der Waals surface area contributed by atoms with Crippen LogP contribution < -0.4 is 14.4 Å². The number of hydrogen-bond acceptors (Lipinski definition) is 6. The van der Waals surface area contributed by atoms with E-state index in [9.17, 15) is 18.6 Å². The molecule has 3 N–H and O–H groups in total. The number of nitrogens with zero attached hydrogens (tertiary/aromatic N) is 1. The van der Waals surface area contributed by atoms with Crippen molar-refractivity contribution in [3.05, 3.63) is 70.3 Å². The Hall–Kier alpha value is -2.10. The Kier molecular flexibility index (Phi) is 9.41. The molecule has 0 spiro atoms. The smallest absolute Gasteiger partial charge is 0.217 e. The normalized spacial score (nSPS) is 32.5. The Labute approximate surface area is 261 Å². The topological polar surface area (TPSA) is 99.1 Å². The van der Waals surface area contributed by atoms with E-state index in [1.54, 1.807) is 6.07 Å². The first-order chi connectivity index (χ1) is 20.7. The summed E-state index contributed by atoms with van der Waals surface area (Å²) in [6.07, 6.45) is 10.2. The number of nitrogens with one attached hydrogen (secondary N) is 1. The standard InChI is InChI=1S/C34H45ClN2O5S/c1-22-6-4-10-31(38)29-15-12-26(29)20-37-17-3-2-7-24-18-28(35)14-11-27(24)21-42-32-16-13-25(19-30(32)37)34(39)36-43(40,41)33(22)23-8-5-9-23/h4,10-11,13-14,16,18-19,22-23,26,29,31,33-34,36,38-39H,2-3,5-9,12,15,17,20-21H2,1H3/b10-4+/t22-,26-,29+,31-,33+,34?/m0/s1. The summed E-state index contributed by atoms with van der Waals surface area (Å²) >= 11 is 6.33. The average molecular weight is 629 g/mol. The van der Waals surface area contributed by atoms with Gasteiger partial charge in [-0.3, -0.25) is 0 Å². The van der Waals surface area contributed by atoms with E-state index >= 15 is 0 Å². The number of hydrogen-bond donors (Lipinski definition) is 3. The number of fused-ring (bicyclic) bond motifs is 3. The van der Waals surface area contributed by atoms with Gasteiger partial charge >= 0.3 is 0 Å². The molecule has 2 aromatic carbocycles. The number of ether oxygens (including phenoxy) is 1. The van der Waals surface area contributed by atoms with Gasteiger partial charge in [0.15, 0.2) is 0 Å². The van der Waals surface area contributed by atoms with Crippen LogP contribution in [0.1, 0.15) is 81.2 Å². The molecule has 4 aliphatic rings. The average Bonchev–Trinajstić information content (AvgIpc) is 2.95. The van der Waals surface area contributed by atoms with E-state index < -0.39 is 27.6 Å². The number of rotatable bonds is 1. The zero-order valence-corrected chi connectivity index (χ0v) is 26.6. The van der Waals surface area contributed by atoms with Crippen molar-refractivity contribution in [1.82, 2.24) is 4.72 Å². The fourth-order valence-corrected chi connectivity index (χ4v) is 9.78. The van der Waals surface area contributed by atoms with Crippen LogP contribution in [-0.2, 0) is 23.1 Å². The number of halogens is 1. The Balaban J connectivity index is 1.38. The lowest BCUT2D eigenvalue weighted by molar-refractivity contribution is 0.0460. The number of anilines is 1. The molecule has 9 heteroatoms. The number of allylic oxidation sites excluding steroid dienone is 1. The van der Waals surface area contributed by atoms with E-state index in [0.29, 0.717) is 30.3 Å². The van der Waals surface area contributed by atoms with Gasteiger partial charge in [0.05, 0.1) is 17.0 Å². The third kappa shape index (κ3) is 6.79. The van der Waals surface area contributed by atoms with Crippen LogP contribution in [0.5, 0.6) is 5.75 Å². The maximum atomic E-state index is 13.8. The highest BCUT2D eigenvalue weighted by Gasteiger charge is 2.41. The van der Waals surface area contributed by atoms with E-state index in [-0.39, 0.29) is 17.8 Å². The third-order valence-corrected chi connectivity index (χ3v) is 12.7. The Bertz CT molecular complexity index is 1430. The summed E-state index contributed by atoms with van der Waals surface area (Å²) < 4.78 is 36.7. The minimum absolute atomic E-state index is 0.0713. The van der Waals surface area contributed by atoms with Crippen molar-refractivity contribution in [2.75, 3.05) is 18.0 Å². The lowest BCUT2D eigenvalue weighted by Gasteiger charge is -2.43. The minimum Gasteiger partial charge on any atom is -0.487 e. The first kappa shape index (κ1) is 30.9. The fourth-order valence-electron chi connectivity index (χ4n) is 7.48. The predicted molar refractivity (Wildman–Crippen MR) is 171 cm³/mol. The second kappa shape index (κ2) is 13.1. The fraction of sp³-hybridized carbons (Fsp3) is 0.588. The van der Waals surface area contributed by atoms with E-state index in [1.807, 2.05) is 49.4 Å². The molecule has 0 saturated heterocycles. The molecule has 6 atom stereocenters.